The quantitative estimate of drug-likeness (QED) is 0.926. The molecule has 1 atom stereocenters. The highest BCUT2D eigenvalue weighted by molar-refractivity contribution is 5.94. The van der Waals surface area contributed by atoms with Gasteiger partial charge >= 0.3 is 0 Å². The van der Waals surface area contributed by atoms with Crippen molar-refractivity contribution in [2.45, 2.75) is 19.4 Å². The molecule has 0 aliphatic carbocycles. The van der Waals surface area contributed by atoms with Gasteiger partial charge in [-0.3, -0.25) is 4.79 Å². The van der Waals surface area contributed by atoms with Crippen LogP contribution in [0.3, 0.4) is 0 Å². The van der Waals surface area contributed by atoms with E-state index in [9.17, 15) is 4.79 Å². The molecule has 1 N–H and O–H groups in total. The molecule has 102 valence electrons. The Morgan fingerprint density at radius 3 is 2.65 bits per heavy atom. The predicted octanol–water partition coefficient (Wildman–Crippen LogP) is 3.08. The molecule has 0 radical (unpaired) electrons. The van der Waals surface area contributed by atoms with Crippen molar-refractivity contribution in [2.24, 2.45) is 0 Å². The number of fused-ring (bicyclic) bond motifs is 1. The van der Waals surface area contributed by atoms with Crippen LogP contribution in [0.1, 0.15) is 12.5 Å². The molecule has 1 aliphatic rings. The van der Waals surface area contributed by atoms with Crippen LogP contribution in [-0.2, 0) is 11.2 Å². The standard InChI is InChI=1S/C17H18N2O/c1-13-11-14-7-5-6-10-16(14)19(13)12-17(20)18-15-8-3-2-4-9-15/h2-10,13H,11-12H2,1H3,(H,18,20)/t13-/m0/s1. The second-order valence-electron chi connectivity index (χ2n) is 5.22. The molecule has 2 aromatic carbocycles. The van der Waals surface area contributed by atoms with Gasteiger partial charge in [0.2, 0.25) is 5.91 Å². The van der Waals surface area contributed by atoms with Crippen molar-refractivity contribution in [3.05, 3.63) is 60.2 Å². The van der Waals surface area contributed by atoms with Crippen molar-refractivity contribution < 1.29 is 4.79 Å². The molecule has 3 nitrogen and oxygen atoms in total. The van der Waals surface area contributed by atoms with Gasteiger partial charge in [-0.1, -0.05) is 36.4 Å². The fourth-order valence-electron chi connectivity index (χ4n) is 2.75. The molecule has 1 heterocycles. The van der Waals surface area contributed by atoms with E-state index in [1.165, 1.54) is 11.3 Å². The second kappa shape index (κ2) is 5.37. The van der Waals surface area contributed by atoms with Crippen LogP contribution >= 0.6 is 0 Å². The van der Waals surface area contributed by atoms with Crippen molar-refractivity contribution >= 4 is 17.3 Å². The SMILES string of the molecule is C[C@H]1Cc2ccccc2N1CC(=O)Nc1ccccc1. The highest BCUT2D eigenvalue weighted by atomic mass is 16.2. The van der Waals surface area contributed by atoms with E-state index < -0.39 is 0 Å². The zero-order chi connectivity index (χ0) is 13.9. The molecule has 0 aromatic heterocycles. The van der Waals surface area contributed by atoms with Crippen LogP contribution in [0.5, 0.6) is 0 Å². The van der Waals surface area contributed by atoms with Crippen LogP contribution < -0.4 is 10.2 Å². The average Bonchev–Trinajstić information content (AvgIpc) is 2.76. The average molecular weight is 266 g/mol. The summed E-state index contributed by atoms with van der Waals surface area (Å²) in [7, 11) is 0. The van der Waals surface area contributed by atoms with Crippen molar-refractivity contribution in [2.75, 3.05) is 16.8 Å². The van der Waals surface area contributed by atoms with E-state index in [1.807, 2.05) is 36.4 Å². The predicted molar refractivity (Wildman–Crippen MR) is 82.0 cm³/mol. The summed E-state index contributed by atoms with van der Waals surface area (Å²) in [6.07, 6.45) is 1.01. The number of amides is 1. The molecule has 20 heavy (non-hydrogen) atoms. The first-order chi connectivity index (χ1) is 9.74. The molecule has 2 aromatic rings. The summed E-state index contributed by atoms with van der Waals surface area (Å²) >= 11 is 0. The maximum atomic E-state index is 12.2. The number of hydrogen-bond donors (Lipinski definition) is 1. The minimum Gasteiger partial charge on any atom is -0.359 e. The van der Waals surface area contributed by atoms with Gasteiger partial charge in [0.15, 0.2) is 0 Å². The highest BCUT2D eigenvalue weighted by Crippen LogP contribution is 2.31. The van der Waals surface area contributed by atoms with Gasteiger partial charge in [0.25, 0.3) is 0 Å². The largest absolute Gasteiger partial charge is 0.359 e. The van der Waals surface area contributed by atoms with E-state index in [4.69, 9.17) is 0 Å². The summed E-state index contributed by atoms with van der Waals surface area (Å²) < 4.78 is 0. The van der Waals surface area contributed by atoms with E-state index in [0.29, 0.717) is 12.6 Å². The zero-order valence-corrected chi connectivity index (χ0v) is 11.5. The van der Waals surface area contributed by atoms with Crippen molar-refractivity contribution in [1.82, 2.24) is 0 Å². The number of anilines is 2. The Bertz CT molecular complexity index is 609. The molecule has 0 spiro atoms. The van der Waals surface area contributed by atoms with Gasteiger partial charge in [-0.15, -0.1) is 0 Å². The number of nitrogens with one attached hydrogen (secondary N) is 1. The van der Waals surface area contributed by atoms with E-state index in [0.717, 1.165) is 12.1 Å². The molecule has 1 amide bonds. The van der Waals surface area contributed by atoms with Crippen LogP contribution in [0.25, 0.3) is 0 Å². The third kappa shape index (κ3) is 2.52. The Balaban J connectivity index is 1.70. The summed E-state index contributed by atoms with van der Waals surface area (Å²) in [4.78, 5) is 14.3. The molecule has 3 rings (SSSR count). The lowest BCUT2D eigenvalue weighted by molar-refractivity contribution is -0.115. The number of para-hydroxylation sites is 2. The first kappa shape index (κ1) is 12.7. The van der Waals surface area contributed by atoms with E-state index in [1.54, 1.807) is 0 Å². The maximum Gasteiger partial charge on any atom is 0.243 e. The van der Waals surface area contributed by atoms with Gasteiger partial charge in [0.1, 0.15) is 0 Å². The Morgan fingerprint density at radius 1 is 1.15 bits per heavy atom. The van der Waals surface area contributed by atoms with Crippen LogP contribution in [0.4, 0.5) is 11.4 Å². The molecule has 1 aliphatic heterocycles. The summed E-state index contributed by atoms with van der Waals surface area (Å²) in [6.45, 7) is 2.56. The molecule has 0 saturated carbocycles. The van der Waals surface area contributed by atoms with Gasteiger partial charge in [-0.2, -0.15) is 0 Å². The minimum absolute atomic E-state index is 0.0275. The Labute approximate surface area is 119 Å². The van der Waals surface area contributed by atoms with E-state index in [-0.39, 0.29) is 5.91 Å². The molecule has 0 bridgehead atoms. The first-order valence-corrected chi connectivity index (χ1v) is 6.93. The summed E-state index contributed by atoms with van der Waals surface area (Å²) in [5.74, 6) is 0.0275. The van der Waals surface area contributed by atoms with Crippen LogP contribution in [0, 0.1) is 0 Å². The highest BCUT2D eigenvalue weighted by Gasteiger charge is 2.26. The number of carbonyl (C=O) groups is 1. The monoisotopic (exact) mass is 266 g/mol. The van der Waals surface area contributed by atoms with Crippen LogP contribution in [0.15, 0.2) is 54.6 Å². The topological polar surface area (TPSA) is 32.3 Å². The fraction of sp³-hybridized carbons (Fsp3) is 0.235. The van der Waals surface area contributed by atoms with Gasteiger partial charge in [0, 0.05) is 17.4 Å². The number of rotatable bonds is 3. The zero-order valence-electron chi connectivity index (χ0n) is 11.5. The van der Waals surface area contributed by atoms with Gasteiger partial charge < -0.3 is 10.2 Å². The van der Waals surface area contributed by atoms with Gasteiger partial charge in [0.05, 0.1) is 6.54 Å². The van der Waals surface area contributed by atoms with E-state index in [2.05, 4.69) is 35.3 Å². The summed E-state index contributed by atoms with van der Waals surface area (Å²) in [5, 5.41) is 2.94. The van der Waals surface area contributed by atoms with Crippen molar-refractivity contribution in [3.8, 4) is 0 Å². The van der Waals surface area contributed by atoms with Gasteiger partial charge in [-0.25, -0.2) is 0 Å². The molecule has 0 fully saturated rings. The lowest BCUT2D eigenvalue weighted by atomic mass is 10.1. The Morgan fingerprint density at radius 2 is 1.85 bits per heavy atom. The number of carbonyl (C=O) groups excluding carboxylic acids is 1. The fourth-order valence-corrected chi connectivity index (χ4v) is 2.75. The van der Waals surface area contributed by atoms with Gasteiger partial charge in [-0.05, 0) is 37.1 Å². The number of nitrogens with zero attached hydrogens (tertiary/aromatic N) is 1. The van der Waals surface area contributed by atoms with Crippen LogP contribution in [0.2, 0.25) is 0 Å². The molecule has 0 saturated heterocycles. The third-order valence-electron chi connectivity index (χ3n) is 3.72. The van der Waals surface area contributed by atoms with Crippen LogP contribution in [-0.4, -0.2) is 18.5 Å². The first-order valence-electron chi connectivity index (χ1n) is 6.93. The summed E-state index contributed by atoms with van der Waals surface area (Å²) in [5.41, 5.74) is 3.35. The normalized spacial score (nSPS) is 16.9. The smallest absolute Gasteiger partial charge is 0.243 e. The van der Waals surface area contributed by atoms with E-state index >= 15 is 0 Å². The third-order valence-corrected chi connectivity index (χ3v) is 3.72. The second-order valence-corrected chi connectivity index (χ2v) is 5.22. The molecule has 3 heteroatoms. The molecule has 0 unspecified atom stereocenters. The molecular formula is C17H18N2O. The lowest BCUT2D eigenvalue weighted by Crippen LogP contribution is -2.37. The number of benzene rings is 2. The molecular weight excluding hydrogens is 248 g/mol. The Kier molecular flexibility index (Phi) is 3.42. The summed E-state index contributed by atoms with van der Waals surface area (Å²) in [6, 6.07) is 18.3. The van der Waals surface area contributed by atoms with Crippen molar-refractivity contribution in [1.29, 1.82) is 0 Å². The van der Waals surface area contributed by atoms with Crippen molar-refractivity contribution in [3.63, 3.8) is 0 Å². The number of hydrogen-bond acceptors (Lipinski definition) is 2. The minimum atomic E-state index is 0.0275. The lowest BCUT2D eigenvalue weighted by Gasteiger charge is -2.24. The Hall–Kier alpha value is -2.29. The maximum absolute atomic E-state index is 12.2.